The van der Waals surface area contributed by atoms with E-state index < -0.39 is 6.10 Å². The molecule has 0 unspecified atom stereocenters. The highest BCUT2D eigenvalue weighted by Crippen LogP contribution is 2.16. The average Bonchev–Trinajstić information content (AvgIpc) is 2.33. The van der Waals surface area contributed by atoms with Crippen molar-refractivity contribution in [3.8, 4) is 0 Å². The molecule has 0 aliphatic carbocycles. The Bertz CT molecular complexity index is 118. The van der Waals surface area contributed by atoms with Crippen molar-refractivity contribution in [2.45, 2.75) is 18.6 Å². The van der Waals surface area contributed by atoms with E-state index in [1.165, 1.54) is 0 Å². The number of β-amino-alcohol motifs (C(OH)–C–C–N with tert-alkyl or cyclic N) is 1. The van der Waals surface area contributed by atoms with E-state index in [0.717, 1.165) is 6.54 Å². The van der Waals surface area contributed by atoms with Crippen molar-refractivity contribution in [2.75, 3.05) is 26.3 Å². The van der Waals surface area contributed by atoms with Gasteiger partial charge < -0.3 is 15.3 Å². The quantitative estimate of drug-likeness (QED) is 0.467. The summed E-state index contributed by atoms with van der Waals surface area (Å²) in [5, 5.41) is 26.8. The van der Waals surface area contributed by atoms with Crippen LogP contribution in [0.1, 0.15) is 6.42 Å². The van der Waals surface area contributed by atoms with E-state index in [1.807, 2.05) is 4.90 Å². The second-order valence-electron chi connectivity index (χ2n) is 2.87. The summed E-state index contributed by atoms with van der Waals surface area (Å²) >= 11 is 0. The maximum absolute atomic E-state index is 9.30. The molecule has 3 N–H and O–H groups in total. The summed E-state index contributed by atoms with van der Waals surface area (Å²) in [5.41, 5.74) is 0. The van der Waals surface area contributed by atoms with Crippen LogP contribution in [0.4, 0.5) is 0 Å². The molecule has 0 bridgehead atoms. The minimum absolute atomic E-state index is 0.0266. The molecule has 11 heavy (non-hydrogen) atoms. The van der Waals surface area contributed by atoms with Crippen LogP contribution in [0, 0.1) is 0 Å². The molecular weight excluding hydrogens is 146 g/mol. The second kappa shape index (κ2) is 4.01. The van der Waals surface area contributed by atoms with E-state index in [4.69, 9.17) is 10.2 Å². The number of rotatable bonds is 3. The highest BCUT2D eigenvalue weighted by Gasteiger charge is 2.31. The Labute approximate surface area is 66.1 Å². The first kappa shape index (κ1) is 8.93. The number of hydrogen-bond donors (Lipinski definition) is 3. The lowest BCUT2D eigenvalue weighted by Gasteiger charge is -2.22. The molecule has 0 aromatic carbocycles. The smallest absolute Gasteiger partial charge is 0.0729 e. The zero-order valence-electron chi connectivity index (χ0n) is 6.48. The summed E-state index contributed by atoms with van der Waals surface area (Å²) in [4.78, 5) is 1.91. The van der Waals surface area contributed by atoms with Gasteiger partial charge in [-0.05, 0) is 6.42 Å². The lowest BCUT2D eigenvalue weighted by Crippen LogP contribution is -2.39. The SMILES string of the molecule is OCCN1CC[C@@H](O)[C@@H]1CO. The van der Waals surface area contributed by atoms with Crippen molar-refractivity contribution in [3.63, 3.8) is 0 Å². The number of likely N-dealkylation sites (tertiary alicyclic amines) is 1. The molecule has 0 aromatic rings. The topological polar surface area (TPSA) is 63.9 Å². The first-order valence-electron chi connectivity index (χ1n) is 3.93. The van der Waals surface area contributed by atoms with Crippen LogP contribution in [0.5, 0.6) is 0 Å². The van der Waals surface area contributed by atoms with Gasteiger partial charge in [-0.15, -0.1) is 0 Å². The number of hydrogen-bond acceptors (Lipinski definition) is 4. The van der Waals surface area contributed by atoms with E-state index >= 15 is 0 Å². The fraction of sp³-hybridized carbons (Fsp3) is 1.00. The Morgan fingerprint density at radius 3 is 2.64 bits per heavy atom. The molecule has 1 saturated heterocycles. The van der Waals surface area contributed by atoms with Crippen LogP contribution in [0.3, 0.4) is 0 Å². The van der Waals surface area contributed by atoms with Crippen LogP contribution < -0.4 is 0 Å². The molecule has 2 atom stereocenters. The first-order valence-corrected chi connectivity index (χ1v) is 3.93. The summed E-state index contributed by atoms with van der Waals surface area (Å²) in [6.07, 6.45) is 0.275. The van der Waals surface area contributed by atoms with Crippen LogP contribution in [-0.2, 0) is 0 Å². The van der Waals surface area contributed by atoms with Gasteiger partial charge in [-0.25, -0.2) is 0 Å². The number of nitrogens with zero attached hydrogens (tertiary/aromatic N) is 1. The summed E-state index contributed by atoms with van der Waals surface area (Å²) in [7, 11) is 0. The van der Waals surface area contributed by atoms with Crippen molar-refractivity contribution < 1.29 is 15.3 Å². The Morgan fingerprint density at radius 1 is 1.36 bits per heavy atom. The fourth-order valence-corrected chi connectivity index (χ4v) is 1.54. The van der Waals surface area contributed by atoms with Gasteiger partial charge in [-0.3, -0.25) is 4.90 Å². The third-order valence-corrected chi connectivity index (χ3v) is 2.20. The minimum Gasteiger partial charge on any atom is -0.395 e. The molecule has 0 saturated carbocycles. The predicted molar refractivity (Wildman–Crippen MR) is 40.2 cm³/mol. The van der Waals surface area contributed by atoms with E-state index in [2.05, 4.69) is 0 Å². The van der Waals surface area contributed by atoms with Crippen LogP contribution in [0.2, 0.25) is 0 Å². The standard InChI is InChI=1S/C7H15NO3/c9-4-3-8-2-1-7(11)6(8)5-10/h6-7,9-11H,1-5H2/t6-,7+/m0/s1. The Kier molecular flexibility index (Phi) is 3.26. The van der Waals surface area contributed by atoms with Gasteiger partial charge >= 0.3 is 0 Å². The van der Waals surface area contributed by atoms with Gasteiger partial charge in [0.05, 0.1) is 25.4 Å². The molecule has 0 amide bonds. The predicted octanol–water partition coefficient (Wildman–Crippen LogP) is -1.59. The molecule has 1 aliphatic heterocycles. The lowest BCUT2D eigenvalue weighted by atomic mass is 10.2. The van der Waals surface area contributed by atoms with E-state index in [0.29, 0.717) is 13.0 Å². The summed E-state index contributed by atoms with van der Waals surface area (Å²) < 4.78 is 0. The zero-order valence-corrected chi connectivity index (χ0v) is 6.48. The van der Waals surface area contributed by atoms with Crippen molar-refractivity contribution in [1.82, 2.24) is 4.90 Å². The largest absolute Gasteiger partial charge is 0.395 e. The molecule has 1 heterocycles. The lowest BCUT2D eigenvalue weighted by molar-refractivity contribution is 0.0636. The number of aliphatic hydroxyl groups is 3. The van der Waals surface area contributed by atoms with Crippen molar-refractivity contribution in [1.29, 1.82) is 0 Å². The van der Waals surface area contributed by atoms with E-state index in [1.54, 1.807) is 0 Å². The Morgan fingerprint density at radius 2 is 2.09 bits per heavy atom. The van der Waals surface area contributed by atoms with Crippen LogP contribution in [-0.4, -0.2) is 58.7 Å². The van der Waals surface area contributed by atoms with Crippen molar-refractivity contribution in [3.05, 3.63) is 0 Å². The highest BCUT2D eigenvalue weighted by molar-refractivity contribution is 4.85. The van der Waals surface area contributed by atoms with E-state index in [-0.39, 0.29) is 19.3 Å². The summed E-state index contributed by atoms with van der Waals surface area (Å²) in [5.74, 6) is 0. The first-order chi connectivity index (χ1) is 5.29. The van der Waals surface area contributed by atoms with Crippen LogP contribution in [0.25, 0.3) is 0 Å². The van der Waals surface area contributed by atoms with Gasteiger partial charge in [0.1, 0.15) is 0 Å². The molecular formula is C7H15NO3. The molecule has 1 fully saturated rings. The molecule has 0 spiro atoms. The molecule has 66 valence electrons. The normalized spacial score (nSPS) is 33.0. The molecule has 4 heteroatoms. The van der Waals surface area contributed by atoms with Crippen molar-refractivity contribution >= 4 is 0 Å². The van der Waals surface area contributed by atoms with E-state index in [9.17, 15) is 5.11 Å². The van der Waals surface area contributed by atoms with Crippen molar-refractivity contribution in [2.24, 2.45) is 0 Å². The molecule has 4 nitrogen and oxygen atoms in total. The van der Waals surface area contributed by atoms with Gasteiger partial charge in [-0.2, -0.15) is 0 Å². The monoisotopic (exact) mass is 161 g/mol. The van der Waals surface area contributed by atoms with Gasteiger partial charge in [0.15, 0.2) is 0 Å². The Hall–Kier alpha value is -0.160. The molecule has 1 rings (SSSR count). The zero-order chi connectivity index (χ0) is 8.27. The maximum Gasteiger partial charge on any atom is 0.0729 e. The average molecular weight is 161 g/mol. The van der Waals surface area contributed by atoms with Gasteiger partial charge in [0.2, 0.25) is 0 Å². The molecule has 1 aliphatic rings. The second-order valence-corrected chi connectivity index (χ2v) is 2.87. The highest BCUT2D eigenvalue weighted by atomic mass is 16.3. The summed E-state index contributed by atoms with van der Waals surface area (Å²) in [6.45, 7) is 1.37. The Balaban J connectivity index is 2.40. The van der Waals surface area contributed by atoms with Gasteiger partial charge in [-0.1, -0.05) is 0 Å². The maximum atomic E-state index is 9.30. The summed E-state index contributed by atoms with van der Waals surface area (Å²) in [6, 6.07) is -0.165. The molecule has 0 aromatic heterocycles. The third-order valence-electron chi connectivity index (χ3n) is 2.20. The van der Waals surface area contributed by atoms with Crippen LogP contribution >= 0.6 is 0 Å². The fourth-order valence-electron chi connectivity index (χ4n) is 1.54. The third kappa shape index (κ3) is 1.90. The van der Waals surface area contributed by atoms with Gasteiger partial charge in [0, 0.05) is 13.1 Å². The van der Waals surface area contributed by atoms with Gasteiger partial charge in [0.25, 0.3) is 0 Å². The van der Waals surface area contributed by atoms with Crippen LogP contribution in [0.15, 0.2) is 0 Å². The number of aliphatic hydroxyl groups excluding tert-OH is 3. The molecule has 0 radical (unpaired) electrons. The minimum atomic E-state index is -0.424.